The molecule has 6 nitrogen and oxygen atoms in total. The normalized spacial score (nSPS) is 18.7. The summed E-state index contributed by atoms with van der Waals surface area (Å²) in [6, 6.07) is 0. The van der Waals surface area contributed by atoms with Crippen molar-refractivity contribution in [1.29, 1.82) is 0 Å². The highest BCUT2D eigenvalue weighted by atomic mass is 16.7. The van der Waals surface area contributed by atoms with Gasteiger partial charge in [0.15, 0.2) is 11.6 Å². The Balaban J connectivity index is -0.000000125. The Bertz CT molecular complexity index is 500. The fourth-order valence-electron chi connectivity index (χ4n) is 1.98. The number of hydrogen-bond donors (Lipinski definition) is 0. The van der Waals surface area contributed by atoms with E-state index in [-0.39, 0.29) is 17.0 Å². The second-order valence-electron chi connectivity index (χ2n) is 10.6. The molecule has 0 N–H and O–H groups in total. The minimum atomic E-state index is -0.533. The van der Waals surface area contributed by atoms with E-state index in [4.69, 9.17) is 18.9 Å². The van der Waals surface area contributed by atoms with Crippen molar-refractivity contribution < 1.29 is 28.5 Å². The fraction of sp³-hybridized carbons (Fsp3) is 0.875. The first-order chi connectivity index (χ1) is 17.5. The van der Waals surface area contributed by atoms with Crippen molar-refractivity contribution in [3.05, 3.63) is 12.7 Å². The Hall–Kier alpha value is -1.08. The topological polar surface area (TPSA) is 71.1 Å². The number of carbonyl (C=O) groups is 2. The predicted molar refractivity (Wildman–Crippen MR) is 165 cm³/mol. The van der Waals surface area contributed by atoms with E-state index in [0.29, 0.717) is 19.6 Å². The number of Topliss-reactive ketones (excluding diaryl/α,β-unsaturated/α-hetero) is 1. The summed E-state index contributed by atoms with van der Waals surface area (Å²) >= 11 is 0. The summed E-state index contributed by atoms with van der Waals surface area (Å²) in [5.74, 6) is -0.775. The number of rotatable bonds is 4. The summed E-state index contributed by atoms with van der Waals surface area (Å²) in [7, 11) is 0. The number of hydrogen-bond acceptors (Lipinski definition) is 6. The lowest BCUT2D eigenvalue weighted by molar-refractivity contribution is -0.279. The van der Waals surface area contributed by atoms with E-state index in [9.17, 15) is 9.59 Å². The highest BCUT2D eigenvalue weighted by molar-refractivity contribution is 5.82. The summed E-state index contributed by atoms with van der Waals surface area (Å²) in [4.78, 5) is 20.3. The Morgan fingerprint density at radius 3 is 1.18 bits per heavy atom. The predicted octanol–water partition coefficient (Wildman–Crippen LogP) is 9.20. The number of ether oxygens (including phenoxy) is 4. The average molecular weight is 549 g/mol. The molecule has 0 aromatic rings. The number of ketones is 1. The van der Waals surface area contributed by atoms with Gasteiger partial charge < -0.3 is 23.7 Å². The van der Waals surface area contributed by atoms with E-state index in [0.717, 1.165) is 25.9 Å². The van der Waals surface area contributed by atoms with E-state index in [2.05, 4.69) is 41.2 Å². The molecule has 38 heavy (non-hydrogen) atoms. The number of unbranched alkanes of at least 4 members (excludes halogenated alkanes) is 1. The van der Waals surface area contributed by atoms with Crippen LogP contribution in [0.2, 0.25) is 0 Å². The average Bonchev–Trinajstić information content (AvgIpc) is 2.88. The monoisotopic (exact) mass is 549 g/mol. The zero-order chi connectivity index (χ0) is 31.5. The van der Waals surface area contributed by atoms with Crippen molar-refractivity contribution in [2.24, 2.45) is 10.8 Å². The first-order valence-corrected chi connectivity index (χ1v) is 14.6. The Kier molecular flexibility index (Phi) is 33.8. The summed E-state index contributed by atoms with van der Waals surface area (Å²) in [6.45, 7) is 37.6. The molecule has 0 spiro atoms. The maximum Gasteiger partial charge on any atom is 0.162 e. The highest BCUT2D eigenvalue weighted by Gasteiger charge is 2.39. The van der Waals surface area contributed by atoms with Crippen LogP contribution in [-0.4, -0.2) is 50.1 Å². The molecule has 0 saturated carbocycles. The van der Waals surface area contributed by atoms with Gasteiger partial charge in [0.2, 0.25) is 0 Å². The molecule has 0 atom stereocenters. The molecular formula is C32H68O6. The van der Waals surface area contributed by atoms with Gasteiger partial charge in [0.1, 0.15) is 12.1 Å². The molecule has 0 bridgehead atoms. The van der Waals surface area contributed by atoms with Gasteiger partial charge >= 0.3 is 0 Å². The molecule has 0 amide bonds. The quantitative estimate of drug-likeness (QED) is 0.257. The maximum absolute atomic E-state index is 11.2. The molecule has 2 aliphatic heterocycles. The second-order valence-corrected chi connectivity index (χ2v) is 10.6. The molecule has 0 aromatic heterocycles. The summed E-state index contributed by atoms with van der Waals surface area (Å²) < 4.78 is 21.7. The number of aldehydes is 1. The molecule has 2 saturated heterocycles. The Morgan fingerprint density at radius 1 is 0.737 bits per heavy atom. The molecule has 2 rings (SSSR count). The standard InChI is InChI=1S/C9H16O3.C8H16O2.C5H10.C3H6O.C3H8.2C2H6/c1-7(10)9(4)5-11-8(2,3)12-6-9;1-7(2)5-9-8(3,4)10-6-7;1-3-5-4-2;1-2-3-4;1-3-2;2*1-2/h5-6H2,1-4H3;5-6H2,1-4H3;3H,1,4-5H2,2H3;3H,2H2,1H3;3H2,1-2H3;2*1-2H3. The van der Waals surface area contributed by atoms with Gasteiger partial charge in [-0.2, -0.15) is 0 Å². The second kappa shape index (κ2) is 27.5. The van der Waals surface area contributed by atoms with Crippen LogP contribution in [0.3, 0.4) is 0 Å². The van der Waals surface area contributed by atoms with Crippen LogP contribution in [0.25, 0.3) is 0 Å². The minimum Gasteiger partial charge on any atom is -0.350 e. The summed E-state index contributed by atoms with van der Waals surface area (Å²) in [6.07, 6.45) is 7.07. The smallest absolute Gasteiger partial charge is 0.162 e. The van der Waals surface area contributed by atoms with Crippen LogP contribution in [0, 0.1) is 10.8 Å². The van der Waals surface area contributed by atoms with Crippen LogP contribution in [0.4, 0.5) is 0 Å². The molecule has 2 heterocycles. The van der Waals surface area contributed by atoms with Gasteiger partial charge in [0.25, 0.3) is 0 Å². The van der Waals surface area contributed by atoms with Crippen molar-refractivity contribution in [2.75, 3.05) is 26.4 Å². The van der Waals surface area contributed by atoms with E-state index < -0.39 is 11.2 Å². The summed E-state index contributed by atoms with van der Waals surface area (Å²) in [5.41, 5.74) is -0.259. The zero-order valence-corrected chi connectivity index (χ0v) is 28.5. The van der Waals surface area contributed by atoms with E-state index in [1.54, 1.807) is 6.92 Å². The van der Waals surface area contributed by atoms with Crippen molar-refractivity contribution >= 4 is 12.1 Å². The Labute approximate surface area is 238 Å². The van der Waals surface area contributed by atoms with Gasteiger partial charge in [0.05, 0.1) is 31.8 Å². The van der Waals surface area contributed by atoms with Crippen molar-refractivity contribution in [1.82, 2.24) is 0 Å². The van der Waals surface area contributed by atoms with Crippen molar-refractivity contribution in [3.8, 4) is 0 Å². The molecular weight excluding hydrogens is 480 g/mol. The first-order valence-electron chi connectivity index (χ1n) is 14.6. The number of allylic oxidation sites excluding steroid dienone is 1. The van der Waals surface area contributed by atoms with Crippen LogP contribution in [0.15, 0.2) is 12.7 Å². The molecule has 0 aromatic carbocycles. The first kappa shape index (κ1) is 46.8. The lowest BCUT2D eigenvalue weighted by Gasteiger charge is -2.39. The van der Waals surface area contributed by atoms with Gasteiger partial charge in [-0.25, -0.2) is 0 Å². The van der Waals surface area contributed by atoms with Crippen LogP contribution < -0.4 is 0 Å². The molecule has 232 valence electrons. The Morgan fingerprint density at radius 2 is 1.03 bits per heavy atom. The third-order valence-electron chi connectivity index (χ3n) is 4.61. The summed E-state index contributed by atoms with van der Waals surface area (Å²) in [5, 5.41) is 0. The van der Waals surface area contributed by atoms with E-state index in [1.807, 2.05) is 75.3 Å². The maximum atomic E-state index is 11.2. The van der Waals surface area contributed by atoms with Crippen LogP contribution in [0.5, 0.6) is 0 Å². The van der Waals surface area contributed by atoms with Crippen molar-refractivity contribution in [3.63, 3.8) is 0 Å². The molecule has 6 heteroatoms. The van der Waals surface area contributed by atoms with Crippen LogP contribution in [-0.2, 0) is 28.5 Å². The molecule has 0 radical (unpaired) electrons. The molecule has 2 fully saturated rings. The third kappa shape index (κ3) is 31.1. The van der Waals surface area contributed by atoms with Crippen molar-refractivity contribution in [2.45, 2.75) is 148 Å². The molecule has 0 aliphatic carbocycles. The molecule has 0 unspecified atom stereocenters. The van der Waals surface area contributed by atoms with Gasteiger partial charge in [-0.05, 0) is 48.0 Å². The SMILES string of the molecule is C=CCCC.CC.CC.CC(=O)C1(C)COC(C)(C)OC1.CC1(C)COC(C)(C)OC1.CCC.CCC=O. The van der Waals surface area contributed by atoms with Crippen LogP contribution >= 0.6 is 0 Å². The van der Waals surface area contributed by atoms with E-state index >= 15 is 0 Å². The van der Waals surface area contributed by atoms with Gasteiger partial charge in [-0.15, -0.1) is 6.58 Å². The fourth-order valence-corrected chi connectivity index (χ4v) is 1.98. The minimum absolute atomic E-state index is 0.123. The third-order valence-corrected chi connectivity index (χ3v) is 4.61. The lowest BCUT2D eigenvalue weighted by Crippen LogP contribution is -2.48. The van der Waals surface area contributed by atoms with E-state index in [1.165, 1.54) is 12.8 Å². The largest absolute Gasteiger partial charge is 0.350 e. The van der Waals surface area contributed by atoms with Gasteiger partial charge in [-0.1, -0.05) is 88.2 Å². The molecule has 2 aliphatic rings. The van der Waals surface area contributed by atoms with Crippen LogP contribution in [0.1, 0.15) is 136 Å². The number of carbonyl (C=O) groups excluding carboxylic acids is 2. The van der Waals surface area contributed by atoms with Gasteiger partial charge in [-0.3, -0.25) is 4.79 Å². The highest BCUT2D eigenvalue weighted by Crippen LogP contribution is 2.30. The lowest BCUT2D eigenvalue weighted by atomic mass is 9.87. The zero-order valence-electron chi connectivity index (χ0n) is 28.5. The van der Waals surface area contributed by atoms with Gasteiger partial charge in [0, 0.05) is 11.8 Å².